The van der Waals surface area contributed by atoms with Gasteiger partial charge in [-0.25, -0.2) is 0 Å². The summed E-state index contributed by atoms with van der Waals surface area (Å²) in [6, 6.07) is 8.93. The van der Waals surface area contributed by atoms with Crippen LogP contribution in [0, 0.1) is 0 Å². The van der Waals surface area contributed by atoms with Gasteiger partial charge in [-0.3, -0.25) is 0 Å². The first-order valence-electron chi connectivity index (χ1n) is 4.56. The van der Waals surface area contributed by atoms with E-state index in [0.717, 1.165) is 24.1 Å². The molecule has 70 valence electrons. The minimum atomic E-state index is 0.464. The smallest absolute Gasteiger partial charge is 0.0447 e. The van der Waals surface area contributed by atoms with Gasteiger partial charge >= 0.3 is 0 Å². The van der Waals surface area contributed by atoms with Crippen LogP contribution in [0.2, 0.25) is 0 Å². The highest BCUT2D eigenvalue weighted by Crippen LogP contribution is 2.18. The summed E-state index contributed by atoms with van der Waals surface area (Å²) < 4.78 is 1.15. The molecule has 0 spiro atoms. The molecule has 0 amide bonds. The number of hydrogen-bond donors (Lipinski definition) is 2. The van der Waals surface area contributed by atoms with E-state index in [2.05, 4.69) is 50.8 Å². The molecule has 1 unspecified atom stereocenters. The Bertz CT molecular complexity index is 282. The zero-order valence-electron chi connectivity index (χ0n) is 7.39. The third-order valence-electron chi connectivity index (χ3n) is 2.29. The largest absolute Gasteiger partial charge is 0.314 e. The van der Waals surface area contributed by atoms with Gasteiger partial charge in [-0.2, -0.15) is 0 Å². The molecule has 0 bridgehead atoms. The summed E-state index contributed by atoms with van der Waals surface area (Å²) in [4.78, 5) is 0. The van der Waals surface area contributed by atoms with Crippen LogP contribution in [0.5, 0.6) is 0 Å². The maximum Gasteiger partial charge on any atom is 0.0447 e. The molecule has 0 saturated carbocycles. The van der Waals surface area contributed by atoms with Crippen molar-refractivity contribution in [3.63, 3.8) is 0 Å². The molecule has 1 heterocycles. The van der Waals surface area contributed by atoms with Crippen molar-refractivity contribution in [3.8, 4) is 0 Å². The second kappa shape index (κ2) is 4.22. The third-order valence-corrected chi connectivity index (χ3v) is 2.79. The number of nitrogens with one attached hydrogen (secondary N) is 2. The zero-order valence-corrected chi connectivity index (χ0v) is 8.97. The summed E-state index contributed by atoms with van der Waals surface area (Å²) in [5, 5.41) is 6.85. The lowest BCUT2D eigenvalue weighted by atomic mass is 10.1. The Hall–Kier alpha value is -0.380. The summed E-state index contributed by atoms with van der Waals surface area (Å²) in [7, 11) is 0. The molecule has 0 aliphatic carbocycles. The standard InChI is InChI=1S/C10H13BrN2/c11-9-3-1-2-8(6-9)10-7-12-4-5-13-10/h1-3,6,10,12-13H,4-5,7H2. The van der Waals surface area contributed by atoms with Crippen molar-refractivity contribution in [2.24, 2.45) is 0 Å². The Labute approximate surface area is 86.9 Å². The van der Waals surface area contributed by atoms with Crippen molar-refractivity contribution in [2.45, 2.75) is 6.04 Å². The highest BCUT2D eigenvalue weighted by Gasteiger charge is 2.13. The Morgan fingerprint density at radius 3 is 2.92 bits per heavy atom. The van der Waals surface area contributed by atoms with E-state index in [4.69, 9.17) is 0 Å². The molecule has 1 fully saturated rings. The van der Waals surface area contributed by atoms with E-state index >= 15 is 0 Å². The predicted octanol–water partition coefficient (Wildman–Crippen LogP) is 1.68. The van der Waals surface area contributed by atoms with Crippen LogP contribution in [0.1, 0.15) is 11.6 Å². The molecule has 1 aromatic carbocycles. The monoisotopic (exact) mass is 240 g/mol. The van der Waals surface area contributed by atoms with Crippen LogP contribution in [-0.4, -0.2) is 19.6 Å². The number of halogens is 1. The summed E-state index contributed by atoms with van der Waals surface area (Å²) in [5.74, 6) is 0. The summed E-state index contributed by atoms with van der Waals surface area (Å²) >= 11 is 3.48. The molecule has 0 radical (unpaired) electrons. The Morgan fingerprint density at radius 1 is 1.31 bits per heavy atom. The molecule has 2 rings (SSSR count). The second-order valence-electron chi connectivity index (χ2n) is 3.27. The van der Waals surface area contributed by atoms with E-state index in [1.165, 1.54) is 5.56 Å². The van der Waals surface area contributed by atoms with Crippen molar-refractivity contribution < 1.29 is 0 Å². The molecular weight excluding hydrogens is 228 g/mol. The van der Waals surface area contributed by atoms with Crippen LogP contribution in [0.3, 0.4) is 0 Å². The molecule has 1 aliphatic heterocycles. The molecule has 1 aromatic rings. The SMILES string of the molecule is Brc1cccc(C2CNCCN2)c1. The van der Waals surface area contributed by atoms with Crippen LogP contribution in [0.15, 0.2) is 28.7 Å². The third kappa shape index (κ3) is 2.30. The van der Waals surface area contributed by atoms with Crippen LogP contribution in [0.4, 0.5) is 0 Å². The van der Waals surface area contributed by atoms with E-state index in [1.54, 1.807) is 0 Å². The fourth-order valence-corrected chi connectivity index (χ4v) is 2.03. The average molecular weight is 241 g/mol. The summed E-state index contributed by atoms with van der Waals surface area (Å²) in [5.41, 5.74) is 1.35. The van der Waals surface area contributed by atoms with Gasteiger partial charge in [0, 0.05) is 30.1 Å². The van der Waals surface area contributed by atoms with Gasteiger partial charge < -0.3 is 10.6 Å². The van der Waals surface area contributed by atoms with E-state index in [-0.39, 0.29) is 0 Å². The molecule has 1 saturated heterocycles. The Balaban J connectivity index is 2.14. The summed E-state index contributed by atoms with van der Waals surface area (Å²) in [6.07, 6.45) is 0. The Kier molecular flexibility index (Phi) is 2.98. The highest BCUT2D eigenvalue weighted by atomic mass is 79.9. The average Bonchev–Trinajstić information content (AvgIpc) is 2.19. The summed E-state index contributed by atoms with van der Waals surface area (Å²) in [6.45, 7) is 3.15. The fraction of sp³-hybridized carbons (Fsp3) is 0.400. The maximum absolute atomic E-state index is 3.48. The van der Waals surface area contributed by atoms with Crippen LogP contribution >= 0.6 is 15.9 Å². The number of hydrogen-bond acceptors (Lipinski definition) is 2. The maximum atomic E-state index is 3.48. The second-order valence-corrected chi connectivity index (χ2v) is 4.18. The van der Waals surface area contributed by atoms with E-state index in [0.29, 0.717) is 6.04 Å². The number of benzene rings is 1. The highest BCUT2D eigenvalue weighted by molar-refractivity contribution is 9.10. The van der Waals surface area contributed by atoms with Crippen molar-refractivity contribution in [2.75, 3.05) is 19.6 Å². The van der Waals surface area contributed by atoms with Crippen molar-refractivity contribution in [1.82, 2.24) is 10.6 Å². The van der Waals surface area contributed by atoms with Gasteiger partial charge in [0.25, 0.3) is 0 Å². The van der Waals surface area contributed by atoms with Crippen LogP contribution in [-0.2, 0) is 0 Å². The number of rotatable bonds is 1. The minimum absolute atomic E-state index is 0.464. The van der Waals surface area contributed by atoms with Crippen LogP contribution < -0.4 is 10.6 Å². The van der Waals surface area contributed by atoms with E-state index < -0.39 is 0 Å². The van der Waals surface area contributed by atoms with Gasteiger partial charge in [0.05, 0.1) is 0 Å². The van der Waals surface area contributed by atoms with Crippen molar-refractivity contribution in [1.29, 1.82) is 0 Å². The lowest BCUT2D eigenvalue weighted by Gasteiger charge is -2.24. The molecule has 2 nitrogen and oxygen atoms in total. The van der Waals surface area contributed by atoms with Crippen LogP contribution in [0.25, 0.3) is 0 Å². The van der Waals surface area contributed by atoms with E-state index in [9.17, 15) is 0 Å². The topological polar surface area (TPSA) is 24.1 Å². The molecule has 0 aromatic heterocycles. The molecular formula is C10H13BrN2. The number of piperazine rings is 1. The van der Waals surface area contributed by atoms with Gasteiger partial charge in [-0.1, -0.05) is 28.1 Å². The minimum Gasteiger partial charge on any atom is -0.314 e. The molecule has 2 N–H and O–H groups in total. The first-order valence-corrected chi connectivity index (χ1v) is 5.35. The molecule has 1 atom stereocenters. The zero-order chi connectivity index (χ0) is 9.10. The molecule has 3 heteroatoms. The fourth-order valence-electron chi connectivity index (χ4n) is 1.61. The lowest BCUT2D eigenvalue weighted by Crippen LogP contribution is -2.42. The molecule has 13 heavy (non-hydrogen) atoms. The lowest BCUT2D eigenvalue weighted by molar-refractivity contribution is 0.430. The first-order chi connectivity index (χ1) is 6.36. The normalized spacial score (nSPS) is 23.0. The predicted molar refractivity (Wildman–Crippen MR) is 57.8 cm³/mol. The van der Waals surface area contributed by atoms with Gasteiger partial charge in [0.2, 0.25) is 0 Å². The van der Waals surface area contributed by atoms with Gasteiger partial charge in [-0.05, 0) is 17.7 Å². The van der Waals surface area contributed by atoms with Crippen molar-refractivity contribution >= 4 is 15.9 Å². The molecule has 1 aliphatic rings. The quantitative estimate of drug-likeness (QED) is 0.781. The Morgan fingerprint density at radius 2 is 2.23 bits per heavy atom. The van der Waals surface area contributed by atoms with Crippen molar-refractivity contribution in [3.05, 3.63) is 34.3 Å². The van der Waals surface area contributed by atoms with E-state index in [1.807, 2.05) is 0 Å². The van der Waals surface area contributed by atoms with Gasteiger partial charge in [-0.15, -0.1) is 0 Å². The van der Waals surface area contributed by atoms with Gasteiger partial charge in [0.1, 0.15) is 0 Å². The first kappa shape index (κ1) is 9.19. The van der Waals surface area contributed by atoms with Gasteiger partial charge in [0.15, 0.2) is 0 Å².